The summed E-state index contributed by atoms with van der Waals surface area (Å²) in [6.45, 7) is 6.08. The number of rotatable bonds is 7. The molecular formula is C16H22O4. The molecule has 110 valence electrons. The molecule has 1 atom stereocenters. The molecule has 1 N–H and O–H groups in total. The number of carboxylic acids is 1. The number of unbranched alkanes of at least 4 members (excludes halogenated alkanes) is 1. The van der Waals surface area contributed by atoms with E-state index in [2.05, 4.69) is 6.92 Å². The van der Waals surface area contributed by atoms with E-state index in [1.807, 2.05) is 13.8 Å². The summed E-state index contributed by atoms with van der Waals surface area (Å²) in [5, 5.41) is 9.09. The number of ether oxygens (including phenoxy) is 1. The minimum absolute atomic E-state index is 0.0181. The Balaban J connectivity index is 2.86. The summed E-state index contributed by atoms with van der Waals surface area (Å²) in [6.07, 6.45) is 2.64. The predicted molar refractivity (Wildman–Crippen MR) is 77.0 cm³/mol. The van der Waals surface area contributed by atoms with Crippen molar-refractivity contribution >= 4 is 11.9 Å². The molecule has 4 nitrogen and oxygen atoms in total. The minimum Gasteiger partial charge on any atom is -0.478 e. The number of hydrogen-bond donors (Lipinski definition) is 1. The van der Waals surface area contributed by atoms with Gasteiger partial charge in [0.15, 0.2) is 0 Å². The zero-order chi connectivity index (χ0) is 15.1. The fourth-order valence-electron chi connectivity index (χ4n) is 1.98. The Bertz CT molecular complexity index is 465. The van der Waals surface area contributed by atoms with Crippen molar-refractivity contribution < 1.29 is 19.4 Å². The third-order valence-electron chi connectivity index (χ3n) is 3.22. The van der Waals surface area contributed by atoms with Gasteiger partial charge >= 0.3 is 11.9 Å². The smallest absolute Gasteiger partial charge is 0.339 e. The first-order valence-corrected chi connectivity index (χ1v) is 7.00. The molecule has 0 amide bonds. The number of hydrogen-bond acceptors (Lipinski definition) is 3. The largest absolute Gasteiger partial charge is 0.478 e. The normalized spacial score (nSPS) is 12.2. The molecule has 0 heterocycles. The molecule has 0 saturated carbocycles. The van der Waals surface area contributed by atoms with Crippen molar-refractivity contribution in [2.24, 2.45) is 5.92 Å². The van der Waals surface area contributed by atoms with E-state index in [1.54, 1.807) is 12.1 Å². The molecule has 0 radical (unpaired) electrons. The van der Waals surface area contributed by atoms with Crippen LogP contribution < -0.4 is 0 Å². The Hall–Kier alpha value is -1.84. The minimum atomic E-state index is -1.12. The van der Waals surface area contributed by atoms with Gasteiger partial charge < -0.3 is 9.84 Å². The molecule has 1 rings (SSSR count). The van der Waals surface area contributed by atoms with Gasteiger partial charge in [0.25, 0.3) is 0 Å². The molecule has 0 fully saturated rings. The molecule has 0 aliphatic heterocycles. The molecule has 0 aromatic heterocycles. The Kier molecular flexibility index (Phi) is 6.22. The first-order chi connectivity index (χ1) is 9.47. The number of carbonyl (C=O) groups excluding carboxylic acids is 1. The Labute approximate surface area is 119 Å². The molecule has 1 aromatic rings. The third kappa shape index (κ3) is 4.37. The second-order valence-electron chi connectivity index (χ2n) is 5.18. The van der Waals surface area contributed by atoms with Crippen molar-refractivity contribution in [2.45, 2.75) is 46.1 Å². The van der Waals surface area contributed by atoms with E-state index in [9.17, 15) is 9.59 Å². The zero-order valence-electron chi connectivity index (χ0n) is 12.3. The van der Waals surface area contributed by atoms with Gasteiger partial charge in [-0.1, -0.05) is 45.7 Å². The predicted octanol–water partition coefficient (Wildman–Crippen LogP) is 3.76. The van der Waals surface area contributed by atoms with Gasteiger partial charge in [0.2, 0.25) is 0 Å². The number of carboxylic acid groups (broad SMARTS) is 1. The van der Waals surface area contributed by atoms with E-state index >= 15 is 0 Å². The highest BCUT2D eigenvalue weighted by Gasteiger charge is 2.22. The van der Waals surface area contributed by atoms with Gasteiger partial charge in [-0.25, -0.2) is 9.59 Å². The van der Waals surface area contributed by atoms with Crippen molar-refractivity contribution in [2.75, 3.05) is 0 Å². The highest BCUT2D eigenvalue weighted by atomic mass is 16.5. The molecule has 4 heteroatoms. The molecule has 0 aliphatic carbocycles. The highest BCUT2D eigenvalue weighted by molar-refractivity contribution is 6.02. The van der Waals surface area contributed by atoms with Crippen LogP contribution in [-0.2, 0) is 4.74 Å². The van der Waals surface area contributed by atoms with Crippen molar-refractivity contribution in [1.82, 2.24) is 0 Å². The fraction of sp³-hybridized carbons (Fsp3) is 0.500. The van der Waals surface area contributed by atoms with Gasteiger partial charge in [-0.3, -0.25) is 0 Å². The van der Waals surface area contributed by atoms with Crippen LogP contribution >= 0.6 is 0 Å². The number of carbonyl (C=O) groups is 2. The maximum atomic E-state index is 12.2. The molecule has 0 bridgehead atoms. The van der Waals surface area contributed by atoms with Crippen LogP contribution in [-0.4, -0.2) is 23.1 Å². The van der Waals surface area contributed by atoms with Gasteiger partial charge in [0, 0.05) is 0 Å². The van der Waals surface area contributed by atoms with Crippen molar-refractivity contribution in [3.05, 3.63) is 35.4 Å². The van der Waals surface area contributed by atoms with Gasteiger partial charge in [-0.15, -0.1) is 0 Å². The SMILES string of the molecule is CCCCC(OC(=O)c1ccccc1C(=O)O)C(C)C. The van der Waals surface area contributed by atoms with Crippen molar-refractivity contribution in [3.8, 4) is 0 Å². The van der Waals surface area contributed by atoms with Gasteiger partial charge in [0.05, 0.1) is 11.1 Å². The third-order valence-corrected chi connectivity index (χ3v) is 3.22. The summed E-state index contributed by atoms with van der Waals surface area (Å²) >= 11 is 0. The van der Waals surface area contributed by atoms with Crippen LogP contribution in [0, 0.1) is 5.92 Å². The van der Waals surface area contributed by atoms with Crippen LogP contribution in [0.4, 0.5) is 0 Å². The second-order valence-corrected chi connectivity index (χ2v) is 5.18. The lowest BCUT2D eigenvalue weighted by atomic mass is 10.0. The van der Waals surface area contributed by atoms with Crippen LogP contribution in [0.15, 0.2) is 24.3 Å². The van der Waals surface area contributed by atoms with E-state index in [0.29, 0.717) is 0 Å². The molecule has 1 unspecified atom stereocenters. The van der Waals surface area contributed by atoms with Crippen LogP contribution in [0.3, 0.4) is 0 Å². The summed E-state index contributed by atoms with van der Waals surface area (Å²) in [4.78, 5) is 23.3. The second kappa shape index (κ2) is 7.68. The lowest BCUT2D eigenvalue weighted by Crippen LogP contribution is -2.24. The highest BCUT2D eigenvalue weighted by Crippen LogP contribution is 2.18. The Morgan fingerprint density at radius 1 is 1.20 bits per heavy atom. The van der Waals surface area contributed by atoms with Crippen LogP contribution in [0.25, 0.3) is 0 Å². The summed E-state index contributed by atoms with van der Waals surface area (Å²) in [5.41, 5.74) is 0.0950. The van der Waals surface area contributed by atoms with Gasteiger partial charge in [-0.05, 0) is 24.5 Å². The zero-order valence-corrected chi connectivity index (χ0v) is 12.3. The Morgan fingerprint density at radius 3 is 2.30 bits per heavy atom. The van der Waals surface area contributed by atoms with E-state index in [1.165, 1.54) is 12.1 Å². The topological polar surface area (TPSA) is 63.6 Å². The molecular weight excluding hydrogens is 256 g/mol. The summed E-state index contributed by atoms with van der Waals surface area (Å²) in [5.74, 6) is -1.47. The number of esters is 1. The number of aromatic carboxylic acids is 1. The molecule has 20 heavy (non-hydrogen) atoms. The van der Waals surface area contributed by atoms with Crippen molar-refractivity contribution in [1.29, 1.82) is 0 Å². The first kappa shape index (κ1) is 16.2. The average molecular weight is 278 g/mol. The van der Waals surface area contributed by atoms with Crippen LogP contribution in [0.1, 0.15) is 60.7 Å². The summed E-state index contributed by atoms with van der Waals surface area (Å²) < 4.78 is 5.49. The maximum absolute atomic E-state index is 12.2. The monoisotopic (exact) mass is 278 g/mol. The number of benzene rings is 1. The molecule has 0 saturated heterocycles. The average Bonchev–Trinajstić information content (AvgIpc) is 2.42. The van der Waals surface area contributed by atoms with E-state index in [4.69, 9.17) is 9.84 Å². The van der Waals surface area contributed by atoms with Crippen LogP contribution in [0.2, 0.25) is 0 Å². The van der Waals surface area contributed by atoms with E-state index in [-0.39, 0.29) is 23.1 Å². The summed E-state index contributed by atoms with van der Waals surface area (Å²) in [7, 11) is 0. The summed E-state index contributed by atoms with van der Waals surface area (Å²) in [6, 6.07) is 6.13. The van der Waals surface area contributed by atoms with E-state index < -0.39 is 11.9 Å². The lowest BCUT2D eigenvalue weighted by Gasteiger charge is -2.21. The van der Waals surface area contributed by atoms with E-state index in [0.717, 1.165) is 19.3 Å². The van der Waals surface area contributed by atoms with Gasteiger partial charge in [0.1, 0.15) is 6.10 Å². The molecule has 0 aliphatic rings. The standard InChI is InChI=1S/C16H22O4/c1-4-5-10-14(11(2)3)20-16(19)13-9-7-6-8-12(13)15(17)18/h6-9,11,14H,4-5,10H2,1-3H3,(H,17,18). The van der Waals surface area contributed by atoms with Crippen LogP contribution in [0.5, 0.6) is 0 Å². The lowest BCUT2D eigenvalue weighted by molar-refractivity contribution is 0.0149. The maximum Gasteiger partial charge on any atom is 0.339 e. The Morgan fingerprint density at radius 2 is 1.80 bits per heavy atom. The molecule has 1 aromatic carbocycles. The fourth-order valence-corrected chi connectivity index (χ4v) is 1.98. The quantitative estimate of drug-likeness (QED) is 0.771. The van der Waals surface area contributed by atoms with Crippen molar-refractivity contribution in [3.63, 3.8) is 0 Å². The first-order valence-electron chi connectivity index (χ1n) is 7.00. The van der Waals surface area contributed by atoms with Gasteiger partial charge in [-0.2, -0.15) is 0 Å². The molecule has 0 spiro atoms.